The number of rotatable bonds is 2. The Labute approximate surface area is 157 Å². The van der Waals surface area contributed by atoms with Crippen molar-refractivity contribution in [3.63, 3.8) is 0 Å². The first-order valence-electron chi connectivity index (χ1n) is 9.57. The summed E-state index contributed by atoms with van der Waals surface area (Å²) in [5, 5.41) is 2.88. The van der Waals surface area contributed by atoms with E-state index in [4.69, 9.17) is 0 Å². The fourth-order valence-corrected chi connectivity index (χ4v) is 4.04. The second kappa shape index (κ2) is 6.54. The quantitative estimate of drug-likeness (QED) is 0.565. The van der Waals surface area contributed by atoms with Gasteiger partial charge in [-0.3, -0.25) is 4.79 Å². The van der Waals surface area contributed by atoms with Crippen molar-refractivity contribution in [2.45, 2.75) is 19.3 Å². The van der Waals surface area contributed by atoms with Gasteiger partial charge in [0.25, 0.3) is 5.56 Å². The number of benzene rings is 3. The lowest BCUT2D eigenvalue weighted by Gasteiger charge is -2.28. The molecule has 0 atom stereocenters. The highest BCUT2D eigenvalue weighted by atomic mass is 16.1. The number of H-pyrrole nitrogens is 1. The summed E-state index contributed by atoms with van der Waals surface area (Å²) < 4.78 is 0. The Balaban J connectivity index is 1.64. The minimum Gasteiger partial charge on any atom is -0.372 e. The van der Waals surface area contributed by atoms with Crippen LogP contribution >= 0.6 is 0 Å². The molecule has 1 fully saturated rings. The summed E-state index contributed by atoms with van der Waals surface area (Å²) in [6, 6.07) is 20.4. The van der Waals surface area contributed by atoms with E-state index in [9.17, 15) is 4.79 Å². The summed E-state index contributed by atoms with van der Waals surface area (Å²) in [4.78, 5) is 22.9. The van der Waals surface area contributed by atoms with Gasteiger partial charge in [-0.25, -0.2) is 0 Å². The van der Waals surface area contributed by atoms with Crippen molar-refractivity contribution in [1.82, 2.24) is 9.97 Å². The second-order valence-electron chi connectivity index (χ2n) is 7.19. The van der Waals surface area contributed by atoms with Crippen molar-refractivity contribution >= 4 is 27.4 Å². The molecule has 1 aliphatic heterocycles. The molecule has 1 saturated heterocycles. The molecule has 3 aromatic carbocycles. The molecule has 0 saturated carbocycles. The topological polar surface area (TPSA) is 49.0 Å². The van der Waals surface area contributed by atoms with E-state index in [0.717, 1.165) is 40.6 Å². The van der Waals surface area contributed by atoms with Gasteiger partial charge in [0, 0.05) is 24.3 Å². The average molecular weight is 355 g/mol. The van der Waals surface area contributed by atoms with Crippen LogP contribution in [0.25, 0.3) is 33.1 Å². The molecule has 5 rings (SSSR count). The molecule has 0 aliphatic carbocycles. The molecule has 0 bridgehead atoms. The lowest BCUT2D eigenvalue weighted by Crippen LogP contribution is -2.29. The maximum Gasteiger partial charge on any atom is 0.281 e. The Morgan fingerprint density at radius 2 is 1.67 bits per heavy atom. The molecule has 0 radical (unpaired) electrons. The maximum absolute atomic E-state index is 12.8. The number of nitrogens with zero attached hydrogens (tertiary/aromatic N) is 2. The van der Waals surface area contributed by atoms with Crippen LogP contribution in [-0.4, -0.2) is 23.1 Å². The minimum absolute atomic E-state index is 0.175. The summed E-state index contributed by atoms with van der Waals surface area (Å²) >= 11 is 0. The fourth-order valence-electron chi connectivity index (χ4n) is 4.04. The number of hydrogen-bond donors (Lipinski definition) is 1. The van der Waals surface area contributed by atoms with Crippen LogP contribution in [-0.2, 0) is 0 Å². The zero-order chi connectivity index (χ0) is 18.2. The summed E-state index contributed by atoms with van der Waals surface area (Å²) in [5.74, 6) is 0.620. The molecule has 2 heterocycles. The number of nitrogens with one attached hydrogen (secondary N) is 1. The van der Waals surface area contributed by atoms with Crippen LogP contribution < -0.4 is 10.5 Å². The molecule has 4 heteroatoms. The first-order valence-corrected chi connectivity index (χ1v) is 9.57. The van der Waals surface area contributed by atoms with Crippen LogP contribution in [0.3, 0.4) is 0 Å². The smallest absolute Gasteiger partial charge is 0.281 e. The van der Waals surface area contributed by atoms with Crippen LogP contribution in [0.5, 0.6) is 0 Å². The van der Waals surface area contributed by atoms with Crippen molar-refractivity contribution in [3.05, 3.63) is 71.0 Å². The monoisotopic (exact) mass is 355 g/mol. The van der Waals surface area contributed by atoms with Crippen LogP contribution in [0.1, 0.15) is 19.3 Å². The van der Waals surface area contributed by atoms with E-state index in [1.165, 1.54) is 19.3 Å². The number of aromatic amines is 1. The molecular formula is C23H21N3O. The summed E-state index contributed by atoms with van der Waals surface area (Å²) in [6.45, 7) is 2.12. The molecule has 134 valence electrons. The van der Waals surface area contributed by atoms with Gasteiger partial charge in [-0.1, -0.05) is 42.5 Å². The maximum atomic E-state index is 12.8. The van der Waals surface area contributed by atoms with E-state index in [2.05, 4.69) is 39.1 Å². The Morgan fingerprint density at radius 1 is 0.852 bits per heavy atom. The third-order valence-electron chi connectivity index (χ3n) is 5.47. The van der Waals surface area contributed by atoms with E-state index in [1.54, 1.807) is 0 Å². The number of piperidine rings is 1. The number of hydrogen-bond acceptors (Lipinski definition) is 3. The van der Waals surface area contributed by atoms with Crippen molar-refractivity contribution < 1.29 is 0 Å². The zero-order valence-electron chi connectivity index (χ0n) is 15.1. The zero-order valence-corrected chi connectivity index (χ0v) is 15.1. The van der Waals surface area contributed by atoms with Crippen LogP contribution in [0, 0.1) is 0 Å². The number of fused-ring (bicyclic) bond motifs is 2. The van der Waals surface area contributed by atoms with Gasteiger partial charge in [-0.15, -0.1) is 0 Å². The van der Waals surface area contributed by atoms with E-state index in [0.29, 0.717) is 11.2 Å². The largest absolute Gasteiger partial charge is 0.372 e. The predicted molar refractivity (Wildman–Crippen MR) is 111 cm³/mol. The van der Waals surface area contributed by atoms with E-state index >= 15 is 0 Å². The van der Waals surface area contributed by atoms with Gasteiger partial charge >= 0.3 is 0 Å². The predicted octanol–water partition coefficient (Wildman–Crippen LogP) is 4.73. The summed E-state index contributed by atoms with van der Waals surface area (Å²) in [7, 11) is 0. The van der Waals surface area contributed by atoms with Crippen LogP contribution in [0.4, 0.5) is 5.69 Å². The van der Waals surface area contributed by atoms with Crippen molar-refractivity contribution in [1.29, 1.82) is 0 Å². The molecule has 1 N–H and O–H groups in total. The molecule has 1 aromatic heterocycles. The van der Waals surface area contributed by atoms with Gasteiger partial charge in [-0.2, -0.15) is 4.98 Å². The normalized spacial score (nSPS) is 14.7. The molecule has 1 aliphatic rings. The summed E-state index contributed by atoms with van der Waals surface area (Å²) in [6.07, 6.45) is 3.72. The molecule has 4 nitrogen and oxygen atoms in total. The van der Waals surface area contributed by atoms with Crippen LogP contribution in [0.15, 0.2) is 65.5 Å². The van der Waals surface area contributed by atoms with Gasteiger partial charge < -0.3 is 9.88 Å². The van der Waals surface area contributed by atoms with E-state index in [-0.39, 0.29) is 5.56 Å². The Hall–Kier alpha value is -3.14. The molecule has 0 amide bonds. The van der Waals surface area contributed by atoms with Crippen molar-refractivity contribution in [2.75, 3.05) is 18.0 Å². The Morgan fingerprint density at radius 3 is 2.56 bits per heavy atom. The second-order valence-corrected chi connectivity index (χ2v) is 7.19. The van der Waals surface area contributed by atoms with E-state index < -0.39 is 0 Å². The lowest BCUT2D eigenvalue weighted by atomic mass is 10.0. The van der Waals surface area contributed by atoms with Crippen molar-refractivity contribution in [2.24, 2.45) is 0 Å². The highest BCUT2D eigenvalue weighted by Gasteiger charge is 2.14. The van der Waals surface area contributed by atoms with E-state index in [1.807, 2.05) is 36.4 Å². The Kier molecular flexibility index (Phi) is 3.89. The van der Waals surface area contributed by atoms with Gasteiger partial charge in [-0.05, 0) is 48.2 Å². The highest BCUT2D eigenvalue weighted by Crippen LogP contribution is 2.27. The standard InChI is InChI=1S/C23H21N3O/c27-23-20-15-17(26-13-4-1-5-14-26)11-12-21(20)24-22(25-23)19-10-6-8-16-7-2-3-9-18(16)19/h2-3,6-12,15H,1,4-5,13-14H2,(H,24,25,27). The van der Waals surface area contributed by atoms with Crippen LogP contribution in [0.2, 0.25) is 0 Å². The minimum atomic E-state index is -0.175. The van der Waals surface area contributed by atoms with Gasteiger partial charge in [0.05, 0.1) is 10.9 Å². The Bertz CT molecular complexity index is 1180. The summed E-state index contributed by atoms with van der Waals surface area (Å²) in [5.41, 5.74) is 2.73. The fraction of sp³-hybridized carbons (Fsp3) is 0.217. The average Bonchev–Trinajstić information content (AvgIpc) is 2.74. The molecule has 0 unspecified atom stereocenters. The SMILES string of the molecule is O=c1nc(-c2cccc3ccccc23)[nH]c2ccc(N3CCCCC3)cc12. The number of aromatic nitrogens is 2. The van der Waals surface area contributed by atoms with Gasteiger partial charge in [0.2, 0.25) is 0 Å². The third-order valence-corrected chi connectivity index (χ3v) is 5.47. The molecule has 0 spiro atoms. The molecule has 4 aromatic rings. The lowest BCUT2D eigenvalue weighted by molar-refractivity contribution is 0.578. The first kappa shape index (κ1) is 16.1. The van der Waals surface area contributed by atoms with Crippen molar-refractivity contribution in [3.8, 4) is 11.4 Å². The molecule has 27 heavy (non-hydrogen) atoms. The van der Waals surface area contributed by atoms with Gasteiger partial charge in [0.15, 0.2) is 0 Å². The first-order chi connectivity index (χ1) is 13.3. The number of anilines is 1. The highest BCUT2D eigenvalue weighted by molar-refractivity contribution is 5.96. The molecular weight excluding hydrogens is 334 g/mol. The third kappa shape index (κ3) is 2.87. The van der Waals surface area contributed by atoms with Gasteiger partial charge in [0.1, 0.15) is 5.82 Å².